The molecule has 2 heterocycles. The summed E-state index contributed by atoms with van der Waals surface area (Å²) in [5.74, 6) is -1.18. The third-order valence-electron chi connectivity index (χ3n) is 6.65. The molecule has 6 N–H and O–H groups in total. The number of nitrogens with zero attached hydrogens (tertiary/aromatic N) is 3. The summed E-state index contributed by atoms with van der Waals surface area (Å²) in [6.45, 7) is 5.20. The van der Waals surface area contributed by atoms with E-state index in [9.17, 15) is 23.5 Å². The number of carbonyl (C=O) groups excluding carboxylic acids is 1. The Hall–Kier alpha value is -2.86. The molecule has 1 saturated heterocycles. The van der Waals surface area contributed by atoms with Crippen molar-refractivity contribution in [2.24, 2.45) is 28.3 Å². The SMILES string of the molecule is CC1CCN(C(=O)[C@H](CCCN=C(N)N)N(c2cccc3c2NC[C@H](C)C3)S(=O)[O-])C(C(=O)O)C1. The number of carboxylic acid groups (broad SMARTS) is 1. The second-order valence-corrected chi connectivity index (χ2v) is 10.4. The van der Waals surface area contributed by atoms with E-state index in [2.05, 4.69) is 17.2 Å². The minimum Gasteiger partial charge on any atom is -0.755 e. The van der Waals surface area contributed by atoms with Gasteiger partial charge >= 0.3 is 5.97 Å². The van der Waals surface area contributed by atoms with E-state index in [4.69, 9.17) is 11.5 Å². The second kappa shape index (κ2) is 11.7. The van der Waals surface area contributed by atoms with Crippen LogP contribution in [0.2, 0.25) is 0 Å². The summed E-state index contributed by atoms with van der Waals surface area (Å²) in [6.07, 6.45) is 2.22. The molecule has 35 heavy (non-hydrogen) atoms. The van der Waals surface area contributed by atoms with Gasteiger partial charge in [-0.2, -0.15) is 0 Å². The fourth-order valence-corrected chi connectivity index (χ4v) is 5.60. The maximum atomic E-state index is 13.8. The van der Waals surface area contributed by atoms with Crippen molar-refractivity contribution in [3.63, 3.8) is 0 Å². The van der Waals surface area contributed by atoms with Crippen LogP contribution in [0, 0.1) is 11.8 Å². The van der Waals surface area contributed by atoms with Crippen LogP contribution >= 0.6 is 0 Å². The van der Waals surface area contributed by atoms with Crippen molar-refractivity contribution in [1.29, 1.82) is 0 Å². The number of nitrogens with one attached hydrogen (secondary N) is 1. The van der Waals surface area contributed by atoms with Gasteiger partial charge in [-0.1, -0.05) is 26.0 Å². The van der Waals surface area contributed by atoms with Crippen molar-refractivity contribution >= 4 is 40.5 Å². The first kappa shape index (κ1) is 26.7. The molecule has 11 nitrogen and oxygen atoms in total. The number of amides is 1. The number of hydrogen-bond donors (Lipinski definition) is 4. The molecule has 0 aromatic heterocycles. The van der Waals surface area contributed by atoms with Gasteiger partial charge < -0.3 is 31.3 Å². The first-order valence-electron chi connectivity index (χ1n) is 11.9. The van der Waals surface area contributed by atoms with Gasteiger partial charge in [-0.25, -0.2) is 4.79 Å². The summed E-state index contributed by atoms with van der Waals surface area (Å²) in [5.41, 5.74) is 12.8. The summed E-state index contributed by atoms with van der Waals surface area (Å²) in [5, 5.41) is 13.1. The quantitative estimate of drug-likeness (QED) is 0.166. The van der Waals surface area contributed by atoms with Crippen molar-refractivity contribution in [3.05, 3.63) is 23.8 Å². The highest BCUT2D eigenvalue weighted by atomic mass is 32.2. The van der Waals surface area contributed by atoms with Crippen LogP contribution in [0.15, 0.2) is 23.2 Å². The average molecular weight is 508 g/mol. The Kier molecular flexibility index (Phi) is 8.95. The second-order valence-electron chi connectivity index (χ2n) is 9.52. The number of aliphatic carboxylic acids is 1. The van der Waals surface area contributed by atoms with Crippen molar-refractivity contribution in [2.75, 3.05) is 29.3 Å². The van der Waals surface area contributed by atoms with E-state index in [0.717, 1.165) is 16.3 Å². The zero-order valence-electron chi connectivity index (χ0n) is 20.2. The number of para-hydroxylation sites is 1. The molecule has 12 heteroatoms. The van der Waals surface area contributed by atoms with Gasteiger partial charge in [0.05, 0.1) is 11.4 Å². The van der Waals surface area contributed by atoms with Gasteiger partial charge in [0.2, 0.25) is 5.91 Å². The highest BCUT2D eigenvalue weighted by molar-refractivity contribution is 7.80. The van der Waals surface area contributed by atoms with E-state index < -0.39 is 35.2 Å². The normalized spacial score (nSPS) is 23.4. The first-order valence-corrected chi connectivity index (χ1v) is 13.0. The fourth-order valence-electron chi connectivity index (χ4n) is 4.89. The van der Waals surface area contributed by atoms with Crippen LogP contribution in [-0.2, 0) is 27.3 Å². The molecule has 5 atom stereocenters. The molecule has 1 amide bonds. The molecule has 1 aromatic rings. The number of carbonyl (C=O) groups is 2. The maximum absolute atomic E-state index is 13.8. The minimum absolute atomic E-state index is 0.0939. The van der Waals surface area contributed by atoms with Crippen LogP contribution in [0.25, 0.3) is 0 Å². The lowest BCUT2D eigenvalue weighted by molar-refractivity contribution is -0.153. The highest BCUT2D eigenvalue weighted by Gasteiger charge is 2.40. The minimum atomic E-state index is -2.80. The number of hydrogen-bond acceptors (Lipinski definition) is 6. The lowest BCUT2D eigenvalue weighted by Gasteiger charge is -2.42. The average Bonchev–Trinajstić information content (AvgIpc) is 2.79. The predicted octanol–water partition coefficient (Wildman–Crippen LogP) is 1.03. The Balaban J connectivity index is 2.00. The summed E-state index contributed by atoms with van der Waals surface area (Å²) in [7, 11) is 0. The number of likely N-dealkylation sites (tertiary alicyclic amines) is 1. The number of piperidine rings is 1. The van der Waals surface area contributed by atoms with E-state index in [1.165, 1.54) is 4.90 Å². The fraction of sp³-hybridized carbons (Fsp3) is 0.609. The Morgan fingerprint density at radius 3 is 2.74 bits per heavy atom. The summed E-state index contributed by atoms with van der Waals surface area (Å²) < 4.78 is 26.3. The maximum Gasteiger partial charge on any atom is 0.326 e. The third kappa shape index (κ3) is 6.43. The molecule has 0 saturated carbocycles. The number of aliphatic imine (C=N–C) groups is 1. The molecule has 1 fully saturated rings. The molecular weight excluding hydrogens is 472 g/mol. The van der Waals surface area contributed by atoms with E-state index in [-0.39, 0.29) is 31.4 Å². The van der Waals surface area contributed by atoms with Crippen molar-refractivity contribution in [2.45, 2.75) is 58.0 Å². The molecule has 0 bridgehead atoms. The van der Waals surface area contributed by atoms with Crippen molar-refractivity contribution < 1.29 is 23.5 Å². The van der Waals surface area contributed by atoms with Gasteiger partial charge in [-0.3, -0.25) is 18.3 Å². The van der Waals surface area contributed by atoms with Crippen LogP contribution in [0.1, 0.15) is 45.1 Å². The van der Waals surface area contributed by atoms with Crippen molar-refractivity contribution in [1.82, 2.24) is 4.90 Å². The molecule has 0 spiro atoms. The Labute approximate surface area is 208 Å². The van der Waals surface area contributed by atoms with E-state index in [1.807, 2.05) is 13.0 Å². The molecule has 194 valence electrons. The number of fused-ring (bicyclic) bond motifs is 1. The van der Waals surface area contributed by atoms with Crippen LogP contribution < -0.4 is 21.1 Å². The van der Waals surface area contributed by atoms with Crippen molar-refractivity contribution in [3.8, 4) is 0 Å². The van der Waals surface area contributed by atoms with Gasteiger partial charge in [0, 0.05) is 30.9 Å². The highest BCUT2D eigenvalue weighted by Crippen LogP contribution is 2.37. The number of rotatable bonds is 9. The van der Waals surface area contributed by atoms with Gasteiger partial charge in [-0.15, -0.1) is 0 Å². The molecule has 2 aliphatic rings. The van der Waals surface area contributed by atoms with E-state index in [1.54, 1.807) is 12.1 Å². The number of nitrogens with two attached hydrogens (primary N) is 2. The molecule has 0 radical (unpaired) electrons. The van der Waals surface area contributed by atoms with Crippen LogP contribution in [-0.4, -0.2) is 68.3 Å². The topological polar surface area (TPSA) is 177 Å². The zero-order valence-corrected chi connectivity index (χ0v) is 21.0. The number of anilines is 2. The molecule has 3 rings (SSSR count). The molecule has 3 unspecified atom stereocenters. The molecular formula is C23H35N6O5S-. The summed E-state index contributed by atoms with van der Waals surface area (Å²) in [6, 6.07) is 3.25. The summed E-state index contributed by atoms with van der Waals surface area (Å²) in [4.78, 5) is 31.1. The van der Waals surface area contributed by atoms with Crippen LogP contribution in [0.5, 0.6) is 0 Å². The summed E-state index contributed by atoms with van der Waals surface area (Å²) >= 11 is -2.80. The number of benzene rings is 1. The molecule has 1 aromatic carbocycles. The lowest BCUT2D eigenvalue weighted by atomic mass is 9.91. The molecule has 2 aliphatic heterocycles. The number of carboxylic acids is 1. The lowest BCUT2D eigenvalue weighted by Crippen LogP contribution is -2.57. The van der Waals surface area contributed by atoms with Gasteiger partial charge in [-0.05, 0) is 55.6 Å². The number of guanidine groups is 1. The third-order valence-corrected chi connectivity index (χ3v) is 7.43. The zero-order chi connectivity index (χ0) is 25.7. The van der Waals surface area contributed by atoms with Gasteiger partial charge in [0.15, 0.2) is 5.96 Å². The van der Waals surface area contributed by atoms with E-state index in [0.29, 0.717) is 43.1 Å². The largest absolute Gasteiger partial charge is 0.755 e. The Bertz CT molecular complexity index is 985. The van der Waals surface area contributed by atoms with Gasteiger partial charge in [0.1, 0.15) is 12.1 Å². The van der Waals surface area contributed by atoms with Crippen LogP contribution in [0.4, 0.5) is 11.4 Å². The smallest absolute Gasteiger partial charge is 0.326 e. The van der Waals surface area contributed by atoms with Gasteiger partial charge in [0.25, 0.3) is 0 Å². The standard InChI is InChI=1S/C23H36N6O5S/c1-14-8-10-28(19(12-14)22(31)32)21(30)18(7-4-9-26-23(24)25)29(35(33)34)17-6-3-5-16-11-15(2)13-27-20(16)17/h3,5-6,14-15,18-19,27H,4,7-13H2,1-2H3,(H,31,32)(H,33,34)(H4,24,25,26)/p-1/t14?,15-,18+,19?/m1/s1. The Morgan fingerprint density at radius 1 is 1.34 bits per heavy atom. The van der Waals surface area contributed by atoms with E-state index >= 15 is 0 Å². The first-order chi connectivity index (χ1) is 16.6. The Morgan fingerprint density at radius 2 is 2.09 bits per heavy atom. The van der Waals surface area contributed by atoms with Crippen LogP contribution in [0.3, 0.4) is 0 Å². The molecule has 0 aliphatic carbocycles. The monoisotopic (exact) mass is 507 g/mol. The predicted molar refractivity (Wildman–Crippen MR) is 134 cm³/mol.